The minimum Gasteiger partial charge on any atom is -0.0928 e. The van der Waals surface area contributed by atoms with E-state index in [4.69, 9.17) is 0 Å². The molecule has 0 fully saturated rings. The molecular formula is C19H33Br. The number of hydrogen-bond acceptors (Lipinski definition) is 0. The topological polar surface area (TPSA) is 0 Å². The highest BCUT2D eigenvalue weighted by Crippen LogP contribution is 2.05. The standard InChI is InChI=1S/C19H33Br/c1-2-3-4-5-6-7-8-9-10-11-12-13-14-15-16-17-18-19-20/h7-10,12-13H,2-6,11,14-19H2,1H3/b8-7+,10-9-,13-12-. The molecule has 0 atom stereocenters. The lowest BCUT2D eigenvalue weighted by Gasteiger charge is -1.95. The Morgan fingerprint density at radius 2 is 1.30 bits per heavy atom. The van der Waals surface area contributed by atoms with Gasteiger partial charge in [-0.1, -0.05) is 91.4 Å². The number of rotatable bonds is 14. The third-order valence-corrected chi connectivity index (χ3v) is 3.86. The molecular weight excluding hydrogens is 308 g/mol. The molecule has 1 heteroatoms. The summed E-state index contributed by atoms with van der Waals surface area (Å²) in [5.41, 5.74) is 0. The molecule has 0 amide bonds. The highest BCUT2D eigenvalue weighted by molar-refractivity contribution is 9.09. The van der Waals surface area contributed by atoms with Crippen molar-refractivity contribution < 1.29 is 0 Å². The van der Waals surface area contributed by atoms with Gasteiger partial charge in [0.05, 0.1) is 0 Å². The molecule has 0 saturated heterocycles. The monoisotopic (exact) mass is 340 g/mol. The normalized spacial score (nSPS) is 12.3. The lowest BCUT2D eigenvalue weighted by molar-refractivity contribution is 0.674. The van der Waals surface area contributed by atoms with Gasteiger partial charge in [0.2, 0.25) is 0 Å². The van der Waals surface area contributed by atoms with Crippen LogP contribution in [0.25, 0.3) is 0 Å². The Morgan fingerprint density at radius 3 is 2.05 bits per heavy atom. The molecule has 0 N–H and O–H groups in total. The maximum Gasteiger partial charge on any atom is 0.00313 e. The molecule has 0 unspecified atom stereocenters. The number of unbranched alkanes of at least 4 members (excludes halogenated alkanes) is 8. The summed E-state index contributed by atoms with van der Waals surface area (Å²) in [6, 6.07) is 0. The van der Waals surface area contributed by atoms with Gasteiger partial charge >= 0.3 is 0 Å². The van der Waals surface area contributed by atoms with Crippen LogP contribution in [-0.2, 0) is 0 Å². The van der Waals surface area contributed by atoms with Crippen LogP contribution in [-0.4, -0.2) is 5.33 Å². The lowest BCUT2D eigenvalue weighted by atomic mass is 10.1. The number of alkyl halides is 1. The number of allylic oxidation sites excluding steroid dienone is 6. The summed E-state index contributed by atoms with van der Waals surface area (Å²) in [6.45, 7) is 2.26. The zero-order valence-electron chi connectivity index (χ0n) is 13.3. The maximum absolute atomic E-state index is 3.47. The van der Waals surface area contributed by atoms with E-state index in [2.05, 4.69) is 59.3 Å². The van der Waals surface area contributed by atoms with Crippen LogP contribution in [0.5, 0.6) is 0 Å². The first-order chi connectivity index (χ1) is 9.91. The van der Waals surface area contributed by atoms with E-state index >= 15 is 0 Å². The van der Waals surface area contributed by atoms with Crippen molar-refractivity contribution in [1.82, 2.24) is 0 Å². The third kappa shape index (κ3) is 17.7. The fourth-order valence-corrected chi connectivity index (χ4v) is 2.42. The zero-order valence-corrected chi connectivity index (χ0v) is 14.9. The fourth-order valence-electron chi connectivity index (χ4n) is 2.02. The van der Waals surface area contributed by atoms with Crippen LogP contribution in [0.1, 0.15) is 77.6 Å². The second kappa shape index (κ2) is 18.7. The average Bonchev–Trinajstić information content (AvgIpc) is 2.47. The smallest absolute Gasteiger partial charge is 0.00313 e. The Balaban J connectivity index is 3.27. The van der Waals surface area contributed by atoms with Crippen molar-refractivity contribution in [2.75, 3.05) is 5.33 Å². The predicted octanol–water partition coefficient (Wildman–Crippen LogP) is 7.36. The van der Waals surface area contributed by atoms with Crippen LogP contribution in [0.4, 0.5) is 0 Å². The molecule has 0 aromatic rings. The fraction of sp³-hybridized carbons (Fsp3) is 0.684. The zero-order chi connectivity index (χ0) is 14.7. The second-order valence-corrected chi connectivity index (χ2v) is 6.10. The highest BCUT2D eigenvalue weighted by atomic mass is 79.9. The number of halogens is 1. The first-order valence-corrected chi connectivity index (χ1v) is 9.56. The third-order valence-electron chi connectivity index (χ3n) is 3.30. The van der Waals surface area contributed by atoms with Crippen molar-refractivity contribution in [2.45, 2.75) is 77.6 Å². The molecule has 0 aromatic heterocycles. The van der Waals surface area contributed by atoms with E-state index in [0.717, 1.165) is 11.8 Å². The van der Waals surface area contributed by atoms with Crippen LogP contribution in [0.15, 0.2) is 36.5 Å². The summed E-state index contributed by atoms with van der Waals surface area (Å²) in [5.74, 6) is 0. The van der Waals surface area contributed by atoms with E-state index in [0.29, 0.717) is 0 Å². The van der Waals surface area contributed by atoms with Gasteiger partial charge in [0, 0.05) is 5.33 Å². The summed E-state index contributed by atoms with van der Waals surface area (Å²) < 4.78 is 0. The molecule has 0 aromatic carbocycles. The Hall–Kier alpha value is -0.300. The predicted molar refractivity (Wildman–Crippen MR) is 97.7 cm³/mol. The van der Waals surface area contributed by atoms with Crippen LogP contribution in [0, 0.1) is 0 Å². The largest absolute Gasteiger partial charge is 0.0928 e. The molecule has 0 spiro atoms. The van der Waals surface area contributed by atoms with Crippen LogP contribution >= 0.6 is 15.9 Å². The van der Waals surface area contributed by atoms with Crippen molar-refractivity contribution in [3.63, 3.8) is 0 Å². The van der Waals surface area contributed by atoms with Crippen LogP contribution in [0.3, 0.4) is 0 Å². The molecule has 116 valence electrons. The van der Waals surface area contributed by atoms with Gasteiger partial charge in [-0.05, 0) is 38.5 Å². The summed E-state index contributed by atoms with van der Waals surface area (Å²) in [4.78, 5) is 0. The molecule has 0 heterocycles. The average molecular weight is 341 g/mol. The van der Waals surface area contributed by atoms with Crippen molar-refractivity contribution in [3.05, 3.63) is 36.5 Å². The minimum atomic E-state index is 1.07. The molecule has 0 aliphatic heterocycles. The van der Waals surface area contributed by atoms with Crippen molar-refractivity contribution in [1.29, 1.82) is 0 Å². The summed E-state index contributed by atoms with van der Waals surface area (Å²) >= 11 is 3.47. The lowest BCUT2D eigenvalue weighted by Crippen LogP contribution is -1.77. The van der Waals surface area contributed by atoms with Crippen molar-refractivity contribution in [2.24, 2.45) is 0 Å². The molecule has 0 aliphatic rings. The van der Waals surface area contributed by atoms with Gasteiger partial charge in [-0.2, -0.15) is 0 Å². The first kappa shape index (κ1) is 19.7. The Kier molecular flexibility index (Phi) is 18.4. The molecule has 0 nitrogen and oxygen atoms in total. The first-order valence-electron chi connectivity index (χ1n) is 8.44. The number of hydrogen-bond donors (Lipinski definition) is 0. The second-order valence-electron chi connectivity index (χ2n) is 5.30. The van der Waals surface area contributed by atoms with Gasteiger partial charge in [0.15, 0.2) is 0 Å². The summed E-state index contributed by atoms with van der Waals surface area (Å²) in [7, 11) is 0. The van der Waals surface area contributed by atoms with Gasteiger partial charge < -0.3 is 0 Å². The molecule has 0 aliphatic carbocycles. The highest BCUT2D eigenvalue weighted by Gasteiger charge is 1.86. The van der Waals surface area contributed by atoms with Gasteiger partial charge in [-0.25, -0.2) is 0 Å². The molecule has 0 saturated carbocycles. The van der Waals surface area contributed by atoms with Crippen LogP contribution in [0.2, 0.25) is 0 Å². The van der Waals surface area contributed by atoms with E-state index < -0.39 is 0 Å². The van der Waals surface area contributed by atoms with Gasteiger partial charge in [0.25, 0.3) is 0 Å². The van der Waals surface area contributed by atoms with Gasteiger partial charge in [0.1, 0.15) is 0 Å². The summed E-state index contributed by atoms with van der Waals surface area (Å²) in [6.07, 6.45) is 27.9. The van der Waals surface area contributed by atoms with Crippen LogP contribution < -0.4 is 0 Å². The molecule has 20 heavy (non-hydrogen) atoms. The van der Waals surface area contributed by atoms with E-state index in [1.165, 1.54) is 64.2 Å². The van der Waals surface area contributed by atoms with Crippen molar-refractivity contribution >= 4 is 15.9 Å². The Morgan fingerprint density at radius 1 is 0.650 bits per heavy atom. The molecule has 0 rings (SSSR count). The van der Waals surface area contributed by atoms with Gasteiger partial charge in [-0.3, -0.25) is 0 Å². The maximum atomic E-state index is 3.47. The Bertz CT molecular complexity index is 250. The molecule has 0 bridgehead atoms. The van der Waals surface area contributed by atoms with E-state index in [-0.39, 0.29) is 0 Å². The SMILES string of the molecule is CCCCCC/C=C/C=C\C/C=C\CCCCCCBr. The van der Waals surface area contributed by atoms with Gasteiger partial charge in [-0.15, -0.1) is 0 Å². The molecule has 0 radical (unpaired) electrons. The summed E-state index contributed by atoms with van der Waals surface area (Å²) in [5, 5.41) is 1.15. The Labute approximate surface area is 135 Å². The van der Waals surface area contributed by atoms with E-state index in [1.807, 2.05) is 0 Å². The van der Waals surface area contributed by atoms with E-state index in [9.17, 15) is 0 Å². The van der Waals surface area contributed by atoms with E-state index in [1.54, 1.807) is 0 Å². The minimum absolute atomic E-state index is 1.07. The quantitative estimate of drug-likeness (QED) is 0.134. The van der Waals surface area contributed by atoms with Crippen molar-refractivity contribution in [3.8, 4) is 0 Å².